The Morgan fingerprint density at radius 2 is 2.14 bits per heavy atom. The molecule has 0 saturated heterocycles. The minimum Gasteiger partial charge on any atom is -0.316 e. The standard InChI is InChI=1S/C8H10ClNO3S/c1-14(12,13)8-3-2-7(9)4-6(8)5-10-11/h2-4,10-11H,5H2,1H3. The van der Waals surface area contributed by atoms with Gasteiger partial charge in [0.05, 0.1) is 4.90 Å². The SMILES string of the molecule is CS(=O)(=O)c1ccc(Cl)cc1CNO. The van der Waals surface area contributed by atoms with Gasteiger partial charge in [-0.2, -0.15) is 0 Å². The normalized spacial score (nSPS) is 11.6. The van der Waals surface area contributed by atoms with Crippen LogP contribution in [-0.4, -0.2) is 19.9 Å². The lowest BCUT2D eigenvalue weighted by Gasteiger charge is -2.06. The molecule has 0 aliphatic carbocycles. The van der Waals surface area contributed by atoms with Crippen LogP contribution in [0.3, 0.4) is 0 Å². The van der Waals surface area contributed by atoms with Gasteiger partial charge in [0.2, 0.25) is 0 Å². The molecular formula is C8H10ClNO3S. The zero-order valence-electron chi connectivity index (χ0n) is 7.49. The number of hydroxylamine groups is 1. The fourth-order valence-electron chi connectivity index (χ4n) is 1.13. The van der Waals surface area contributed by atoms with Gasteiger partial charge in [-0.15, -0.1) is 0 Å². The van der Waals surface area contributed by atoms with Gasteiger partial charge in [-0.05, 0) is 23.8 Å². The van der Waals surface area contributed by atoms with Gasteiger partial charge in [0.15, 0.2) is 9.84 Å². The highest BCUT2D eigenvalue weighted by atomic mass is 35.5. The topological polar surface area (TPSA) is 66.4 Å². The van der Waals surface area contributed by atoms with E-state index < -0.39 is 9.84 Å². The van der Waals surface area contributed by atoms with Crippen molar-refractivity contribution < 1.29 is 13.6 Å². The van der Waals surface area contributed by atoms with Gasteiger partial charge < -0.3 is 5.21 Å². The maximum Gasteiger partial charge on any atom is 0.175 e. The summed E-state index contributed by atoms with van der Waals surface area (Å²) in [5.74, 6) is 0. The van der Waals surface area contributed by atoms with Crippen molar-refractivity contribution in [1.29, 1.82) is 0 Å². The van der Waals surface area contributed by atoms with Crippen LogP contribution in [-0.2, 0) is 16.4 Å². The average Bonchev–Trinajstić information content (AvgIpc) is 2.02. The summed E-state index contributed by atoms with van der Waals surface area (Å²) in [5.41, 5.74) is 2.35. The highest BCUT2D eigenvalue weighted by Crippen LogP contribution is 2.20. The van der Waals surface area contributed by atoms with Crippen LogP contribution in [0.25, 0.3) is 0 Å². The Kier molecular flexibility index (Phi) is 3.49. The Morgan fingerprint density at radius 1 is 1.50 bits per heavy atom. The van der Waals surface area contributed by atoms with Gasteiger partial charge in [-0.1, -0.05) is 11.6 Å². The zero-order chi connectivity index (χ0) is 10.8. The van der Waals surface area contributed by atoms with Crippen LogP contribution in [0.4, 0.5) is 0 Å². The number of benzene rings is 1. The van der Waals surface area contributed by atoms with Gasteiger partial charge in [0, 0.05) is 17.8 Å². The molecule has 0 unspecified atom stereocenters. The van der Waals surface area contributed by atoms with Crippen LogP contribution in [0.2, 0.25) is 5.02 Å². The summed E-state index contributed by atoms with van der Waals surface area (Å²) < 4.78 is 22.6. The number of sulfone groups is 1. The molecule has 0 spiro atoms. The summed E-state index contributed by atoms with van der Waals surface area (Å²) >= 11 is 5.70. The molecule has 2 N–H and O–H groups in total. The van der Waals surface area contributed by atoms with Crippen molar-refractivity contribution in [3.8, 4) is 0 Å². The van der Waals surface area contributed by atoms with Crippen molar-refractivity contribution in [3.05, 3.63) is 28.8 Å². The molecule has 1 aromatic carbocycles. The quantitative estimate of drug-likeness (QED) is 0.774. The predicted molar refractivity (Wildman–Crippen MR) is 53.2 cm³/mol. The number of hydrogen-bond acceptors (Lipinski definition) is 4. The first-order valence-electron chi connectivity index (χ1n) is 3.80. The Bertz CT molecular complexity index is 430. The van der Waals surface area contributed by atoms with E-state index >= 15 is 0 Å². The Labute approximate surface area is 87.4 Å². The van der Waals surface area contributed by atoms with Crippen molar-refractivity contribution in [2.45, 2.75) is 11.4 Å². The fraction of sp³-hybridized carbons (Fsp3) is 0.250. The molecule has 0 aliphatic heterocycles. The summed E-state index contributed by atoms with van der Waals surface area (Å²) in [6.45, 7) is 0.0446. The Morgan fingerprint density at radius 3 is 2.64 bits per heavy atom. The first-order chi connectivity index (χ1) is 6.45. The van der Waals surface area contributed by atoms with E-state index in [1.807, 2.05) is 5.48 Å². The Balaban J connectivity index is 3.29. The molecule has 0 heterocycles. The van der Waals surface area contributed by atoms with Crippen molar-refractivity contribution in [2.24, 2.45) is 0 Å². The van der Waals surface area contributed by atoms with Gasteiger partial charge in [-0.3, -0.25) is 0 Å². The third-order valence-electron chi connectivity index (χ3n) is 1.69. The Hall–Kier alpha value is -0.620. The first-order valence-corrected chi connectivity index (χ1v) is 6.07. The van der Waals surface area contributed by atoms with Crippen LogP contribution in [0.15, 0.2) is 23.1 Å². The molecule has 0 aromatic heterocycles. The molecule has 14 heavy (non-hydrogen) atoms. The molecule has 6 heteroatoms. The molecule has 0 saturated carbocycles. The summed E-state index contributed by atoms with van der Waals surface area (Å²) in [4.78, 5) is 0.170. The van der Waals surface area contributed by atoms with Gasteiger partial charge >= 0.3 is 0 Å². The predicted octanol–water partition coefficient (Wildman–Crippen LogP) is 1.22. The summed E-state index contributed by atoms with van der Waals surface area (Å²) in [5, 5.41) is 8.95. The lowest BCUT2D eigenvalue weighted by molar-refractivity contribution is 0.160. The van der Waals surface area contributed by atoms with E-state index in [4.69, 9.17) is 16.8 Å². The molecule has 1 aromatic rings. The average molecular weight is 236 g/mol. The first kappa shape index (κ1) is 11.5. The second kappa shape index (κ2) is 4.27. The molecule has 78 valence electrons. The minimum atomic E-state index is -3.28. The molecule has 0 fully saturated rings. The second-order valence-electron chi connectivity index (χ2n) is 2.86. The van der Waals surface area contributed by atoms with Crippen LogP contribution < -0.4 is 5.48 Å². The van der Waals surface area contributed by atoms with E-state index in [0.717, 1.165) is 6.26 Å². The molecule has 0 bridgehead atoms. The van der Waals surface area contributed by atoms with Crippen molar-refractivity contribution in [2.75, 3.05) is 6.26 Å². The number of rotatable bonds is 3. The van der Waals surface area contributed by atoms with E-state index in [9.17, 15) is 8.42 Å². The van der Waals surface area contributed by atoms with E-state index in [1.54, 1.807) is 0 Å². The molecule has 0 aliphatic rings. The van der Waals surface area contributed by atoms with Crippen LogP contribution in [0.5, 0.6) is 0 Å². The van der Waals surface area contributed by atoms with E-state index in [-0.39, 0.29) is 11.4 Å². The molecule has 0 atom stereocenters. The smallest absolute Gasteiger partial charge is 0.175 e. The van der Waals surface area contributed by atoms with Crippen molar-refractivity contribution in [3.63, 3.8) is 0 Å². The molecule has 1 rings (SSSR count). The summed E-state index contributed by atoms with van der Waals surface area (Å²) in [6.07, 6.45) is 1.11. The van der Waals surface area contributed by atoms with Crippen LogP contribution in [0.1, 0.15) is 5.56 Å². The third kappa shape index (κ3) is 2.68. The molecule has 4 nitrogen and oxygen atoms in total. The van der Waals surface area contributed by atoms with E-state index in [0.29, 0.717) is 10.6 Å². The largest absolute Gasteiger partial charge is 0.316 e. The van der Waals surface area contributed by atoms with Gasteiger partial charge in [0.25, 0.3) is 0 Å². The molecule has 0 amide bonds. The highest BCUT2D eigenvalue weighted by molar-refractivity contribution is 7.90. The van der Waals surface area contributed by atoms with Gasteiger partial charge in [0.1, 0.15) is 0 Å². The van der Waals surface area contributed by atoms with Crippen molar-refractivity contribution in [1.82, 2.24) is 5.48 Å². The fourth-order valence-corrected chi connectivity index (χ4v) is 2.25. The van der Waals surface area contributed by atoms with E-state index in [2.05, 4.69) is 0 Å². The number of nitrogens with one attached hydrogen (secondary N) is 1. The maximum atomic E-state index is 11.3. The third-order valence-corrected chi connectivity index (χ3v) is 3.12. The highest BCUT2D eigenvalue weighted by Gasteiger charge is 2.12. The van der Waals surface area contributed by atoms with Crippen LogP contribution in [0, 0.1) is 0 Å². The summed E-state index contributed by atoms with van der Waals surface area (Å²) in [7, 11) is -3.28. The van der Waals surface area contributed by atoms with Crippen LogP contribution >= 0.6 is 11.6 Å². The lowest BCUT2D eigenvalue weighted by atomic mass is 10.2. The van der Waals surface area contributed by atoms with Crippen molar-refractivity contribution >= 4 is 21.4 Å². The number of hydrogen-bond donors (Lipinski definition) is 2. The van der Waals surface area contributed by atoms with E-state index in [1.165, 1.54) is 18.2 Å². The molecular weight excluding hydrogens is 226 g/mol. The second-order valence-corrected chi connectivity index (χ2v) is 5.28. The molecule has 0 radical (unpaired) electrons. The minimum absolute atomic E-state index is 0.0446. The maximum absolute atomic E-state index is 11.3. The summed E-state index contributed by atoms with van der Waals surface area (Å²) in [6, 6.07) is 4.42. The number of halogens is 1. The zero-order valence-corrected chi connectivity index (χ0v) is 9.06. The lowest BCUT2D eigenvalue weighted by Crippen LogP contribution is -2.11. The monoisotopic (exact) mass is 235 g/mol. The van der Waals surface area contributed by atoms with Gasteiger partial charge in [-0.25, -0.2) is 13.9 Å².